The molecule has 1 aliphatic heterocycles. The second-order valence-corrected chi connectivity index (χ2v) is 5.95. The minimum Gasteiger partial charge on any atom is -0.497 e. The van der Waals surface area contributed by atoms with Crippen LogP contribution in [0.2, 0.25) is 0 Å². The lowest BCUT2D eigenvalue weighted by Gasteiger charge is -2.29. The van der Waals surface area contributed by atoms with Crippen LogP contribution in [0.15, 0.2) is 59.9 Å². The highest BCUT2D eigenvalue weighted by molar-refractivity contribution is 6.27. The molecule has 0 radical (unpaired) electrons. The molecule has 1 heterocycles. The quantitative estimate of drug-likeness (QED) is 0.790. The van der Waals surface area contributed by atoms with Crippen LogP contribution in [-0.2, 0) is 9.53 Å². The van der Waals surface area contributed by atoms with Crippen molar-refractivity contribution < 1.29 is 23.9 Å². The van der Waals surface area contributed by atoms with E-state index in [1.807, 2.05) is 0 Å². The maximum atomic E-state index is 13.0. The predicted octanol–water partition coefficient (Wildman–Crippen LogP) is 3.06. The number of esters is 1. The Bertz CT molecular complexity index is 937. The number of Topliss-reactive ketones (excluding diaryl/α,β-unsaturated/α-hetero) is 2. The fraction of sp³-hybridized carbons (Fsp3) is 0.150. The zero-order valence-electron chi connectivity index (χ0n) is 13.4. The van der Waals surface area contributed by atoms with Gasteiger partial charge in [-0.2, -0.15) is 0 Å². The van der Waals surface area contributed by atoms with Crippen LogP contribution in [0.4, 0.5) is 0 Å². The maximum absolute atomic E-state index is 13.0. The van der Waals surface area contributed by atoms with Gasteiger partial charge in [0.05, 0.1) is 19.1 Å². The van der Waals surface area contributed by atoms with Gasteiger partial charge >= 0.3 is 5.97 Å². The van der Waals surface area contributed by atoms with Crippen LogP contribution in [0.5, 0.6) is 5.75 Å². The van der Waals surface area contributed by atoms with Crippen molar-refractivity contribution in [3.8, 4) is 5.75 Å². The monoisotopic (exact) mass is 334 g/mol. The lowest BCUT2D eigenvalue weighted by molar-refractivity contribution is -0.140. The number of hydrogen-bond donors (Lipinski definition) is 0. The summed E-state index contributed by atoms with van der Waals surface area (Å²) < 4.78 is 10.3. The van der Waals surface area contributed by atoms with Crippen molar-refractivity contribution in [2.45, 2.75) is 12.3 Å². The molecule has 0 unspecified atom stereocenters. The average Bonchev–Trinajstić information content (AvgIpc) is 2.65. The average molecular weight is 334 g/mol. The highest BCUT2D eigenvalue weighted by Crippen LogP contribution is 2.41. The van der Waals surface area contributed by atoms with Gasteiger partial charge in [-0.1, -0.05) is 36.4 Å². The molecule has 25 heavy (non-hydrogen) atoms. The summed E-state index contributed by atoms with van der Waals surface area (Å²) in [6.45, 7) is 0. The first-order valence-electron chi connectivity index (χ1n) is 7.87. The van der Waals surface area contributed by atoms with Gasteiger partial charge in [0.2, 0.25) is 5.78 Å². The highest BCUT2D eigenvalue weighted by Gasteiger charge is 2.42. The Morgan fingerprint density at radius 3 is 2.20 bits per heavy atom. The molecule has 1 atom stereocenters. The molecule has 2 aromatic rings. The first-order valence-corrected chi connectivity index (χ1v) is 7.87. The van der Waals surface area contributed by atoms with Crippen LogP contribution in [0.3, 0.4) is 0 Å². The maximum Gasteiger partial charge on any atom is 0.312 e. The lowest BCUT2D eigenvalue weighted by atomic mass is 9.77. The zero-order valence-corrected chi connectivity index (χ0v) is 13.4. The van der Waals surface area contributed by atoms with Crippen molar-refractivity contribution in [2.75, 3.05) is 7.11 Å². The first kappa shape index (κ1) is 15.3. The lowest BCUT2D eigenvalue weighted by Crippen LogP contribution is -2.32. The molecule has 0 saturated heterocycles. The topological polar surface area (TPSA) is 69.7 Å². The van der Waals surface area contributed by atoms with Crippen molar-refractivity contribution in [3.05, 3.63) is 76.6 Å². The van der Waals surface area contributed by atoms with E-state index in [4.69, 9.17) is 9.47 Å². The van der Waals surface area contributed by atoms with Crippen LogP contribution in [-0.4, -0.2) is 24.6 Å². The number of fused-ring (bicyclic) bond motifs is 1. The molecule has 0 bridgehead atoms. The molecule has 5 heteroatoms. The second kappa shape index (κ2) is 5.70. The van der Waals surface area contributed by atoms with E-state index in [1.54, 1.807) is 55.6 Å². The van der Waals surface area contributed by atoms with Gasteiger partial charge in [-0.3, -0.25) is 14.4 Å². The number of benzene rings is 2. The first-order chi connectivity index (χ1) is 12.1. The number of carbonyl (C=O) groups excluding carboxylic acids is 3. The molecule has 4 rings (SSSR count). The number of hydrogen-bond acceptors (Lipinski definition) is 5. The summed E-state index contributed by atoms with van der Waals surface area (Å²) in [6.07, 6.45) is 0.0202. The van der Waals surface area contributed by atoms with Gasteiger partial charge in [-0.05, 0) is 17.7 Å². The Balaban J connectivity index is 1.86. The largest absolute Gasteiger partial charge is 0.497 e. The van der Waals surface area contributed by atoms with Crippen molar-refractivity contribution in [1.29, 1.82) is 0 Å². The smallest absolute Gasteiger partial charge is 0.312 e. The van der Waals surface area contributed by atoms with E-state index in [-0.39, 0.29) is 29.1 Å². The third kappa shape index (κ3) is 2.36. The number of ether oxygens (including phenoxy) is 2. The number of methoxy groups -OCH3 is 1. The minimum atomic E-state index is -0.514. The predicted molar refractivity (Wildman–Crippen MR) is 88.6 cm³/mol. The van der Waals surface area contributed by atoms with Gasteiger partial charge in [0.15, 0.2) is 11.5 Å². The van der Waals surface area contributed by atoms with Crippen molar-refractivity contribution in [2.24, 2.45) is 0 Å². The summed E-state index contributed by atoms with van der Waals surface area (Å²) in [5, 5.41) is 0. The Morgan fingerprint density at radius 2 is 1.56 bits per heavy atom. The zero-order chi connectivity index (χ0) is 17.6. The van der Waals surface area contributed by atoms with Gasteiger partial charge < -0.3 is 9.47 Å². The molecule has 2 aliphatic rings. The van der Waals surface area contributed by atoms with Crippen LogP contribution < -0.4 is 4.74 Å². The van der Waals surface area contributed by atoms with Gasteiger partial charge in [-0.15, -0.1) is 0 Å². The normalized spacial score (nSPS) is 19.2. The SMILES string of the molecule is COc1ccc([C@H]2CC(=O)OC3=C2C(=O)c2ccccc2C3=O)cc1. The van der Waals surface area contributed by atoms with E-state index in [0.29, 0.717) is 11.3 Å². The van der Waals surface area contributed by atoms with Gasteiger partial charge in [0.1, 0.15) is 5.75 Å². The van der Waals surface area contributed by atoms with E-state index >= 15 is 0 Å². The van der Waals surface area contributed by atoms with Crippen molar-refractivity contribution >= 4 is 17.5 Å². The van der Waals surface area contributed by atoms with Crippen LogP contribution in [0.1, 0.15) is 38.6 Å². The summed E-state index contributed by atoms with van der Waals surface area (Å²) in [5.41, 5.74) is 1.65. The number of ketones is 2. The molecule has 1 aliphatic carbocycles. The summed E-state index contributed by atoms with van der Waals surface area (Å²) in [5.74, 6) is -1.17. The molecule has 0 aromatic heterocycles. The van der Waals surface area contributed by atoms with E-state index in [1.165, 1.54) is 0 Å². The molecular formula is C20H14O5. The van der Waals surface area contributed by atoms with Gasteiger partial charge in [0.25, 0.3) is 0 Å². The summed E-state index contributed by atoms with van der Waals surface area (Å²) >= 11 is 0. The molecule has 0 fully saturated rings. The molecule has 124 valence electrons. The van der Waals surface area contributed by atoms with Crippen molar-refractivity contribution in [1.82, 2.24) is 0 Å². The van der Waals surface area contributed by atoms with Gasteiger partial charge in [0, 0.05) is 17.0 Å². The molecule has 0 N–H and O–H groups in total. The van der Waals surface area contributed by atoms with Crippen LogP contribution in [0, 0.1) is 0 Å². The third-order valence-electron chi connectivity index (χ3n) is 4.57. The fourth-order valence-corrected chi connectivity index (χ4v) is 3.33. The highest BCUT2D eigenvalue weighted by atomic mass is 16.5. The fourth-order valence-electron chi connectivity index (χ4n) is 3.33. The molecule has 0 amide bonds. The standard InChI is InChI=1S/C20H14O5/c1-24-12-8-6-11(7-9-12)15-10-16(21)25-20-17(15)18(22)13-4-2-3-5-14(13)19(20)23/h2-9,15H,10H2,1H3/t15-/m1/s1. The summed E-state index contributed by atoms with van der Waals surface area (Å²) in [7, 11) is 1.56. The molecule has 0 spiro atoms. The number of allylic oxidation sites excluding steroid dienone is 2. The summed E-state index contributed by atoms with van der Waals surface area (Å²) in [6, 6.07) is 13.7. The third-order valence-corrected chi connectivity index (χ3v) is 4.57. The van der Waals surface area contributed by atoms with E-state index < -0.39 is 17.7 Å². The Kier molecular flexibility index (Phi) is 3.50. The number of carbonyl (C=O) groups is 3. The van der Waals surface area contributed by atoms with E-state index in [2.05, 4.69) is 0 Å². The Labute approximate surface area is 143 Å². The van der Waals surface area contributed by atoms with Crippen molar-refractivity contribution in [3.63, 3.8) is 0 Å². The van der Waals surface area contributed by atoms with Crippen LogP contribution in [0.25, 0.3) is 0 Å². The Morgan fingerprint density at radius 1 is 0.920 bits per heavy atom. The molecular weight excluding hydrogens is 320 g/mol. The van der Waals surface area contributed by atoms with Gasteiger partial charge in [-0.25, -0.2) is 0 Å². The molecule has 0 saturated carbocycles. The Hall–Kier alpha value is -3.21. The number of rotatable bonds is 2. The van der Waals surface area contributed by atoms with E-state index in [0.717, 1.165) is 5.56 Å². The van der Waals surface area contributed by atoms with E-state index in [9.17, 15) is 14.4 Å². The summed E-state index contributed by atoms with van der Waals surface area (Å²) in [4.78, 5) is 37.7. The molecule has 2 aromatic carbocycles. The minimum absolute atomic E-state index is 0.0202. The van der Waals surface area contributed by atoms with Crippen LogP contribution >= 0.6 is 0 Å². The second-order valence-electron chi connectivity index (χ2n) is 5.95. The molecule has 5 nitrogen and oxygen atoms in total.